The van der Waals surface area contributed by atoms with Crippen molar-refractivity contribution in [3.8, 4) is 5.69 Å². The molecule has 1 atom stereocenters. The van der Waals surface area contributed by atoms with Gasteiger partial charge < -0.3 is 10.6 Å². The van der Waals surface area contributed by atoms with Crippen molar-refractivity contribution in [2.24, 2.45) is 5.92 Å². The molecular weight excluding hydrogens is 352 g/mol. The molecule has 28 heavy (non-hydrogen) atoms. The molecule has 0 fully saturated rings. The van der Waals surface area contributed by atoms with Gasteiger partial charge in [0.1, 0.15) is 6.04 Å². The summed E-state index contributed by atoms with van der Waals surface area (Å²) in [4.78, 5) is 25.3. The van der Waals surface area contributed by atoms with Crippen LogP contribution in [0, 0.1) is 12.8 Å². The topological polar surface area (TPSA) is 76.0 Å². The maximum absolute atomic E-state index is 12.8. The highest BCUT2D eigenvalue weighted by molar-refractivity contribution is 6.01. The van der Waals surface area contributed by atoms with Crippen LogP contribution in [0.3, 0.4) is 0 Å². The number of anilines is 1. The number of rotatable bonds is 6. The highest BCUT2D eigenvalue weighted by Crippen LogP contribution is 2.17. The Morgan fingerprint density at radius 1 is 1.00 bits per heavy atom. The molecule has 144 valence electrons. The van der Waals surface area contributed by atoms with Crippen molar-refractivity contribution in [1.82, 2.24) is 15.1 Å². The maximum Gasteiger partial charge on any atom is 0.251 e. The summed E-state index contributed by atoms with van der Waals surface area (Å²) in [6.07, 6.45) is 1.73. The van der Waals surface area contributed by atoms with E-state index >= 15 is 0 Å². The fourth-order valence-electron chi connectivity index (χ4n) is 2.92. The van der Waals surface area contributed by atoms with Crippen LogP contribution in [0.25, 0.3) is 5.69 Å². The Hall–Kier alpha value is -3.41. The lowest BCUT2D eigenvalue weighted by atomic mass is 10.0. The van der Waals surface area contributed by atoms with E-state index in [-0.39, 0.29) is 17.7 Å². The Morgan fingerprint density at radius 2 is 1.75 bits per heavy atom. The van der Waals surface area contributed by atoms with Crippen molar-refractivity contribution in [1.29, 1.82) is 0 Å². The first kappa shape index (κ1) is 19.4. The molecule has 1 unspecified atom stereocenters. The Balaban J connectivity index is 1.74. The average molecular weight is 376 g/mol. The van der Waals surface area contributed by atoms with Crippen LogP contribution in [-0.4, -0.2) is 27.6 Å². The monoisotopic (exact) mass is 376 g/mol. The summed E-state index contributed by atoms with van der Waals surface area (Å²) >= 11 is 0. The molecular formula is C22H24N4O2. The third-order valence-corrected chi connectivity index (χ3v) is 4.46. The normalized spacial score (nSPS) is 11.9. The minimum Gasteiger partial charge on any atom is -0.340 e. The summed E-state index contributed by atoms with van der Waals surface area (Å²) in [6, 6.07) is 17.6. The molecule has 0 spiro atoms. The van der Waals surface area contributed by atoms with Crippen LogP contribution in [0.5, 0.6) is 0 Å². The molecule has 0 aliphatic heterocycles. The van der Waals surface area contributed by atoms with E-state index in [0.717, 1.165) is 11.4 Å². The third-order valence-electron chi connectivity index (χ3n) is 4.46. The van der Waals surface area contributed by atoms with Gasteiger partial charge in [-0.2, -0.15) is 5.10 Å². The fourth-order valence-corrected chi connectivity index (χ4v) is 2.92. The smallest absolute Gasteiger partial charge is 0.251 e. The summed E-state index contributed by atoms with van der Waals surface area (Å²) in [5.41, 5.74) is 3.03. The van der Waals surface area contributed by atoms with Gasteiger partial charge in [0.2, 0.25) is 5.91 Å². The Kier molecular flexibility index (Phi) is 5.89. The average Bonchev–Trinajstić information content (AvgIpc) is 3.12. The zero-order valence-corrected chi connectivity index (χ0v) is 16.2. The summed E-state index contributed by atoms with van der Waals surface area (Å²) in [6.45, 7) is 5.77. The molecule has 0 aliphatic carbocycles. The van der Waals surface area contributed by atoms with E-state index < -0.39 is 6.04 Å². The van der Waals surface area contributed by atoms with Crippen molar-refractivity contribution in [3.63, 3.8) is 0 Å². The number of hydrogen-bond acceptors (Lipinski definition) is 3. The van der Waals surface area contributed by atoms with E-state index in [9.17, 15) is 9.59 Å². The highest BCUT2D eigenvalue weighted by Gasteiger charge is 2.24. The molecule has 0 radical (unpaired) electrons. The van der Waals surface area contributed by atoms with Gasteiger partial charge in [-0.3, -0.25) is 9.59 Å². The number of aromatic nitrogens is 2. The first-order chi connectivity index (χ1) is 13.5. The number of carbonyl (C=O) groups is 2. The molecule has 6 nitrogen and oxygen atoms in total. The van der Waals surface area contributed by atoms with Gasteiger partial charge in [-0.25, -0.2) is 4.68 Å². The number of nitrogens with zero attached hydrogens (tertiary/aromatic N) is 2. The number of aryl methyl sites for hydroxylation is 1. The van der Waals surface area contributed by atoms with Crippen LogP contribution < -0.4 is 10.6 Å². The Bertz CT molecular complexity index is 963. The van der Waals surface area contributed by atoms with Crippen molar-refractivity contribution in [2.45, 2.75) is 26.8 Å². The van der Waals surface area contributed by atoms with Gasteiger partial charge in [-0.05, 0) is 49.2 Å². The van der Waals surface area contributed by atoms with Crippen molar-refractivity contribution < 1.29 is 9.59 Å². The molecule has 0 saturated carbocycles. The lowest BCUT2D eigenvalue weighted by molar-refractivity contribution is -0.118. The van der Waals surface area contributed by atoms with Gasteiger partial charge in [0.15, 0.2) is 0 Å². The van der Waals surface area contributed by atoms with Gasteiger partial charge >= 0.3 is 0 Å². The minimum atomic E-state index is -0.650. The molecule has 0 bridgehead atoms. The van der Waals surface area contributed by atoms with Gasteiger partial charge in [0, 0.05) is 23.1 Å². The number of carbonyl (C=O) groups excluding carboxylic acids is 2. The van der Waals surface area contributed by atoms with Crippen LogP contribution in [0.1, 0.15) is 29.9 Å². The van der Waals surface area contributed by atoms with Gasteiger partial charge in [-0.15, -0.1) is 0 Å². The quantitative estimate of drug-likeness (QED) is 0.690. The van der Waals surface area contributed by atoms with E-state index in [2.05, 4.69) is 15.7 Å². The lowest BCUT2D eigenvalue weighted by Crippen LogP contribution is -2.47. The second-order valence-electron chi connectivity index (χ2n) is 6.99. The Morgan fingerprint density at radius 3 is 2.39 bits per heavy atom. The number of amides is 2. The second-order valence-corrected chi connectivity index (χ2v) is 6.99. The second kappa shape index (κ2) is 8.52. The summed E-state index contributed by atoms with van der Waals surface area (Å²) in [7, 11) is 0. The molecule has 1 aromatic heterocycles. The van der Waals surface area contributed by atoms with Crippen LogP contribution in [0.4, 0.5) is 5.69 Å². The van der Waals surface area contributed by atoms with Gasteiger partial charge in [0.05, 0.1) is 5.69 Å². The molecule has 2 amide bonds. The summed E-state index contributed by atoms with van der Waals surface area (Å²) in [5, 5.41) is 10.0. The van der Waals surface area contributed by atoms with Crippen LogP contribution >= 0.6 is 0 Å². The molecule has 6 heteroatoms. The number of benzene rings is 2. The summed E-state index contributed by atoms with van der Waals surface area (Å²) < 4.78 is 1.80. The minimum absolute atomic E-state index is 0.0656. The maximum atomic E-state index is 12.8. The SMILES string of the molecule is Cc1ccnn1-c1cccc(NC(=O)C(NC(=O)c2ccccc2)C(C)C)c1. The van der Waals surface area contributed by atoms with E-state index in [0.29, 0.717) is 11.3 Å². The van der Waals surface area contributed by atoms with E-state index in [1.54, 1.807) is 35.1 Å². The van der Waals surface area contributed by atoms with E-state index in [1.807, 2.05) is 57.2 Å². The first-order valence-corrected chi connectivity index (χ1v) is 9.23. The predicted molar refractivity (Wildman–Crippen MR) is 109 cm³/mol. The largest absolute Gasteiger partial charge is 0.340 e. The fraction of sp³-hybridized carbons (Fsp3) is 0.227. The molecule has 2 N–H and O–H groups in total. The highest BCUT2D eigenvalue weighted by atomic mass is 16.2. The lowest BCUT2D eigenvalue weighted by Gasteiger charge is -2.22. The predicted octanol–water partition coefficient (Wildman–Crippen LogP) is 3.57. The van der Waals surface area contributed by atoms with Crippen LogP contribution in [-0.2, 0) is 4.79 Å². The zero-order chi connectivity index (χ0) is 20.1. The molecule has 3 aromatic rings. The van der Waals surface area contributed by atoms with Crippen molar-refractivity contribution >= 4 is 17.5 Å². The number of nitrogens with one attached hydrogen (secondary N) is 2. The standard InChI is InChI=1S/C22H24N4O2/c1-15(2)20(25-21(27)17-8-5-4-6-9-17)22(28)24-18-10-7-11-19(14-18)26-16(3)12-13-23-26/h4-15,20H,1-3H3,(H,24,28)(H,25,27). The molecule has 0 saturated heterocycles. The van der Waals surface area contributed by atoms with Crippen LogP contribution in [0.15, 0.2) is 66.9 Å². The third kappa shape index (κ3) is 4.46. The van der Waals surface area contributed by atoms with Crippen LogP contribution in [0.2, 0.25) is 0 Å². The van der Waals surface area contributed by atoms with Gasteiger partial charge in [-0.1, -0.05) is 38.1 Å². The van der Waals surface area contributed by atoms with Crippen molar-refractivity contribution in [2.75, 3.05) is 5.32 Å². The van der Waals surface area contributed by atoms with E-state index in [1.165, 1.54) is 0 Å². The zero-order valence-electron chi connectivity index (χ0n) is 16.2. The van der Waals surface area contributed by atoms with Gasteiger partial charge in [0.25, 0.3) is 5.91 Å². The van der Waals surface area contributed by atoms with E-state index in [4.69, 9.17) is 0 Å². The number of hydrogen-bond donors (Lipinski definition) is 2. The first-order valence-electron chi connectivity index (χ1n) is 9.23. The summed E-state index contributed by atoms with van der Waals surface area (Å²) in [5.74, 6) is -0.590. The molecule has 1 heterocycles. The Labute approximate surface area is 164 Å². The van der Waals surface area contributed by atoms with Crippen molar-refractivity contribution in [3.05, 3.63) is 78.1 Å². The molecule has 3 rings (SSSR count). The molecule has 2 aromatic carbocycles. The molecule has 0 aliphatic rings.